The Bertz CT molecular complexity index is 9980. The molecular weight excluding hydrogens is 1650 g/mol. The van der Waals surface area contributed by atoms with E-state index < -0.39 is 0 Å². The molecule has 0 unspecified atom stereocenters. The van der Waals surface area contributed by atoms with Crippen LogP contribution in [0.25, 0.3) is 247 Å². The summed E-state index contributed by atoms with van der Waals surface area (Å²) in [4.78, 5) is 0. The summed E-state index contributed by atoms with van der Waals surface area (Å²) in [5.41, 5.74) is 33.5. The van der Waals surface area contributed by atoms with Crippen molar-refractivity contribution in [2.24, 2.45) is 0 Å². The van der Waals surface area contributed by atoms with Crippen molar-refractivity contribution in [3.63, 3.8) is 0 Å². The molecule has 0 aliphatic heterocycles. The van der Waals surface area contributed by atoms with Crippen LogP contribution in [0.15, 0.2) is 447 Å². The third-order valence-corrected chi connectivity index (χ3v) is 27.2. The van der Waals surface area contributed by atoms with Crippen LogP contribution in [0.4, 0.5) is 0 Å². The maximum absolute atomic E-state index is 6.36. The Morgan fingerprint density at radius 3 is 0.985 bits per heavy atom. The third kappa shape index (κ3) is 12.8. The minimum absolute atomic E-state index is 0.931. The molecule has 10 heterocycles. The molecule has 0 amide bonds. The highest BCUT2D eigenvalue weighted by molar-refractivity contribution is 6.27. The highest BCUT2D eigenvalue weighted by Crippen LogP contribution is 2.47. The predicted molar refractivity (Wildman–Crippen MR) is 564 cm³/mol. The van der Waals surface area contributed by atoms with Gasteiger partial charge in [-0.25, -0.2) is 0 Å². The second kappa shape index (κ2) is 31.3. The first-order valence-electron chi connectivity index (χ1n) is 46.1. The summed E-state index contributed by atoms with van der Waals surface area (Å²) in [6.07, 6.45) is 0. The average Bonchev–Trinajstić information content (AvgIpc) is 1.58. The monoisotopic (exact) mass is 1740 g/mol. The number of rotatable bonds is 5. The van der Waals surface area contributed by atoms with E-state index in [1.807, 2.05) is 60.7 Å². The van der Waals surface area contributed by atoms with Gasteiger partial charge in [-0.05, 0) is 227 Å². The lowest BCUT2D eigenvalue weighted by Crippen LogP contribution is -1.94. The summed E-state index contributed by atoms with van der Waals surface area (Å²) in [6, 6.07) is 150. The fourth-order valence-electron chi connectivity index (χ4n) is 21.2. The van der Waals surface area contributed by atoms with E-state index in [1.165, 1.54) is 181 Å². The van der Waals surface area contributed by atoms with Crippen LogP contribution in [0.2, 0.25) is 0 Å². The summed E-state index contributed by atoms with van der Waals surface area (Å²) in [7, 11) is 0. The van der Waals surface area contributed by atoms with Gasteiger partial charge < -0.3 is 44.9 Å². The number of hydrogen-bond acceptors (Lipinski definition) is 5. The molecule has 0 atom stereocenters. The van der Waals surface area contributed by atoms with Crippen LogP contribution in [0.1, 0.15) is 27.8 Å². The molecule has 0 N–H and O–H groups in total. The quantitative estimate of drug-likeness (QED) is 0.171. The number of aryl methyl sites for hydroxylation is 5. The molecule has 10 nitrogen and oxygen atoms in total. The molecule has 0 radical (unpaired) electrons. The van der Waals surface area contributed by atoms with E-state index in [0.717, 1.165) is 94.0 Å². The van der Waals surface area contributed by atoms with Crippen molar-refractivity contribution in [3.05, 3.63) is 452 Å². The maximum atomic E-state index is 6.36. The Labute approximate surface area is 773 Å². The van der Waals surface area contributed by atoms with E-state index in [1.54, 1.807) is 0 Å². The van der Waals surface area contributed by atoms with Crippen LogP contribution in [0, 0.1) is 34.6 Å². The smallest absolute Gasteiger partial charge is 0.160 e. The molecule has 0 bridgehead atoms. The molecule has 0 aliphatic rings. The number of nitrogens with zero attached hydrogens (tertiary/aromatic N) is 5. The van der Waals surface area contributed by atoms with Crippen molar-refractivity contribution in [2.45, 2.75) is 34.6 Å². The zero-order valence-electron chi connectivity index (χ0n) is 74.7. The normalized spacial score (nSPS) is 11.9. The summed E-state index contributed by atoms with van der Waals surface area (Å²) < 4.78 is 42.9. The van der Waals surface area contributed by atoms with Gasteiger partial charge >= 0.3 is 0 Å². The zero-order valence-corrected chi connectivity index (χ0v) is 74.7. The summed E-state index contributed by atoms with van der Waals surface area (Å²) in [6.45, 7) is 10.7. The van der Waals surface area contributed by atoms with Crippen LogP contribution >= 0.6 is 0 Å². The maximum Gasteiger partial charge on any atom is 0.160 e. The van der Waals surface area contributed by atoms with Gasteiger partial charge in [0.1, 0.15) is 50.2 Å². The van der Waals surface area contributed by atoms with Gasteiger partial charge in [-0.2, -0.15) is 0 Å². The molecule has 0 fully saturated rings. The first kappa shape index (κ1) is 78.4. The van der Waals surface area contributed by atoms with Crippen LogP contribution in [0.5, 0.6) is 0 Å². The zero-order chi connectivity index (χ0) is 89.8. The molecule has 20 aromatic carbocycles. The number of hydrogen-bond donors (Lipinski definition) is 0. The molecule has 0 aliphatic carbocycles. The van der Waals surface area contributed by atoms with Gasteiger partial charge in [-0.1, -0.05) is 254 Å². The van der Waals surface area contributed by atoms with Gasteiger partial charge in [0, 0.05) is 131 Å². The van der Waals surface area contributed by atoms with Gasteiger partial charge in [0.25, 0.3) is 0 Å². The van der Waals surface area contributed by atoms with Gasteiger partial charge in [-0.15, -0.1) is 0 Å². The number of furan rings is 5. The fourth-order valence-corrected chi connectivity index (χ4v) is 21.2. The standard InChI is InChI=1S/5C25H17NO/c1-16-7-6-8-17(15-16)26-21-11-4-2-10-20(21)24-22(26)14-13-19-18-9-3-5-12-23(18)27-25(19)24;1-16-7-6-8-17(13-16)26-22-11-4-2-9-18(22)20-15-25-21(14-23(20)26)19-10-3-5-12-24(19)27-25;1-16-7-6-8-17(13-16)26-22-11-4-2-9-18(22)20-14-21-19-10-3-5-12-24(19)27-25(21)15-23(20)26;1-16-7-6-8-17(15-16)26-21-11-4-2-9-18(21)19-13-14-23-24(25(19)26)20-10-3-5-12-22(20)27-23;1-16-10-12-17(13-11-16)26-22-8-4-2-6-18(22)20-14-15-21-19-7-3-5-9-23(19)27-25(21)24(20)26/h5*2-15H,1H3. The first-order chi connectivity index (χ1) is 66.5. The molecule has 30 aromatic rings. The van der Waals surface area contributed by atoms with E-state index in [4.69, 9.17) is 22.1 Å². The van der Waals surface area contributed by atoms with E-state index in [9.17, 15) is 0 Å². The minimum atomic E-state index is 0.931. The van der Waals surface area contributed by atoms with Crippen LogP contribution < -0.4 is 0 Å². The first-order valence-corrected chi connectivity index (χ1v) is 46.1. The number of benzene rings is 20. The lowest BCUT2D eigenvalue weighted by Gasteiger charge is -2.09. The summed E-state index contributed by atoms with van der Waals surface area (Å²) in [5, 5.41) is 24.0. The number of para-hydroxylation sites is 10. The molecule has 0 saturated carbocycles. The van der Waals surface area contributed by atoms with Crippen LogP contribution in [-0.4, -0.2) is 22.8 Å². The topological polar surface area (TPSA) is 90.4 Å². The Morgan fingerprint density at radius 2 is 0.474 bits per heavy atom. The van der Waals surface area contributed by atoms with E-state index in [-0.39, 0.29) is 0 Å². The van der Waals surface area contributed by atoms with Crippen molar-refractivity contribution in [2.75, 3.05) is 0 Å². The Morgan fingerprint density at radius 1 is 0.141 bits per heavy atom. The molecule has 640 valence electrons. The van der Waals surface area contributed by atoms with Crippen molar-refractivity contribution in [1.29, 1.82) is 0 Å². The molecule has 0 saturated heterocycles. The highest BCUT2D eigenvalue weighted by Gasteiger charge is 2.25. The van der Waals surface area contributed by atoms with Crippen molar-refractivity contribution >= 4 is 219 Å². The SMILES string of the molecule is Cc1ccc(-n2c3ccccc3c3ccc4c5ccccc5oc4c32)cc1.Cc1cccc(-n2c3ccccc3c3c4oc5ccccc5c4ccc32)c1.Cc1cccc(-n2c3ccccc3c3cc4c(cc32)oc2ccccc24)c1.Cc1cccc(-n2c3ccccc3c3cc4oc5ccccc5c4cc32)c1.Cc1cccc(-n2c3ccccc3c3ccc4oc5ccccc5c4c32)c1. The van der Waals surface area contributed by atoms with E-state index in [2.05, 4.69) is 421 Å². The van der Waals surface area contributed by atoms with Gasteiger partial charge in [0.15, 0.2) is 5.58 Å². The van der Waals surface area contributed by atoms with Gasteiger partial charge in [0.2, 0.25) is 0 Å². The number of aromatic nitrogens is 5. The molecule has 0 spiro atoms. The second-order valence-electron chi connectivity index (χ2n) is 35.7. The Kier molecular flexibility index (Phi) is 18.2. The second-order valence-corrected chi connectivity index (χ2v) is 35.7. The fraction of sp³-hybridized carbons (Fsp3) is 0.0400. The lowest BCUT2D eigenvalue weighted by atomic mass is 10.1. The highest BCUT2D eigenvalue weighted by atomic mass is 16.3. The lowest BCUT2D eigenvalue weighted by molar-refractivity contribution is 0.669. The van der Waals surface area contributed by atoms with Crippen molar-refractivity contribution in [1.82, 2.24) is 22.8 Å². The molecule has 135 heavy (non-hydrogen) atoms. The molecule has 10 heteroatoms. The number of fused-ring (bicyclic) bond motifs is 33. The van der Waals surface area contributed by atoms with Crippen LogP contribution in [0.3, 0.4) is 0 Å². The van der Waals surface area contributed by atoms with Crippen molar-refractivity contribution < 1.29 is 22.1 Å². The summed E-state index contributed by atoms with van der Waals surface area (Å²) >= 11 is 0. The summed E-state index contributed by atoms with van der Waals surface area (Å²) in [5.74, 6) is 0. The van der Waals surface area contributed by atoms with Gasteiger partial charge in [-0.3, -0.25) is 0 Å². The Balaban J connectivity index is 0.0000000878. The van der Waals surface area contributed by atoms with Crippen LogP contribution in [-0.2, 0) is 0 Å². The Hall–Kier alpha value is -17.6. The van der Waals surface area contributed by atoms with E-state index >= 15 is 0 Å². The molecule has 10 aromatic heterocycles. The molecular formula is C125H85N5O5. The molecule has 30 rings (SSSR count). The van der Waals surface area contributed by atoms with E-state index in [0.29, 0.717) is 0 Å². The third-order valence-electron chi connectivity index (χ3n) is 27.2. The predicted octanol–water partition coefficient (Wildman–Crippen LogP) is 35.0. The minimum Gasteiger partial charge on any atom is -0.456 e. The largest absolute Gasteiger partial charge is 0.456 e. The average molecular weight is 1740 g/mol. The van der Waals surface area contributed by atoms with Gasteiger partial charge in [0.05, 0.1) is 65.9 Å². The van der Waals surface area contributed by atoms with Crippen molar-refractivity contribution in [3.8, 4) is 28.4 Å².